The van der Waals surface area contributed by atoms with Crippen molar-refractivity contribution in [2.75, 3.05) is 13.2 Å². The van der Waals surface area contributed by atoms with E-state index in [-0.39, 0.29) is 24.6 Å². The van der Waals surface area contributed by atoms with Gasteiger partial charge in [-0.05, 0) is 6.42 Å². The second-order valence-corrected chi connectivity index (χ2v) is 3.00. The van der Waals surface area contributed by atoms with Crippen molar-refractivity contribution in [1.29, 1.82) is 0 Å². The van der Waals surface area contributed by atoms with Crippen LogP contribution in [0.4, 0.5) is 0 Å². The third kappa shape index (κ3) is 1.12. The summed E-state index contributed by atoms with van der Waals surface area (Å²) in [5.41, 5.74) is 0. The Labute approximate surface area is 64.1 Å². The first kappa shape index (κ1) is 7.06. The minimum atomic E-state index is -0.633. The molecule has 2 rings (SSSR count). The molecule has 0 aromatic rings. The Kier molecular flexibility index (Phi) is 1.58. The van der Waals surface area contributed by atoms with E-state index in [2.05, 4.69) is 0 Å². The molecule has 3 atom stereocenters. The fourth-order valence-electron chi connectivity index (χ4n) is 1.48. The van der Waals surface area contributed by atoms with Gasteiger partial charge in [0.2, 0.25) is 0 Å². The SMILES string of the molecule is O=C1OC[C@H](O)[C@@H]2C[C@@H]1CO2. The highest BCUT2D eigenvalue weighted by Gasteiger charge is 2.39. The molecular weight excluding hydrogens is 148 g/mol. The van der Waals surface area contributed by atoms with Gasteiger partial charge < -0.3 is 14.6 Å². The van der Waals surface area contributed by atoms with Gasteiger partial charge in [-0.15, -0.1) is 0 Å². The maximum atomic E-state index is 11.0. The van der Waals surface area contributed by atoms with Crippen LogP contribution >= 0.6 is 0 Å². The van der Waals surface area contributed by atoms with Crippen molar-refractivity contribution >= 4 is 5.97 Å². The van der Waals surface area contributed by atoms with E-state index < -0.39 is 6.10 Å². The smallest absolute Gasteiger partial charge is 0.311 e. The molecule has 0 aliphatic carbocycles. The molecule has 0 aromatic carbocycles. The lowest BCUT2D eigenvalue weighted by molar-refractivity contribution is -0.154. The third-order valence-electron chi connectivity index (χ3n) is 2.19. The van der Waals surface area contributed by atoms with Gasteiger partial charge >= 0.3 is 5.97 Å². The van der Waals surface area contributed by atoms with Gasteiger partial charge in [0.25, 0.3) is 0 Å². The normalized spacial score (nSPS) is 43.4. The van der Waals surface area contributed by atoms with Crippen LogP contribution in [0.3, 0.4) is 0 Å². The van der Waals surface area contributed by atoms with Gasteiger partial charge in [-0.25, -0.2) is 0 Å². The van der Waals surface area contributed by atoms with Crippen LogP contribution in [0.1, 0.15) is 6.42 Å². The zero-order valence-electron chi connectivity index (χ0n) is 6.03. The summed E-state index contributed by atoms with van der Waals surface area (Å²) in [6, 6.07) is 0. The van der Waals surface area contributed by atoms with Crippen molar-refractivity contribution in [1.82, 2.24) is 0 Å². The molecule has 0 unspecified atom stereocenters. The van der Waals surface area contributed by atoms with E-state index in [0.717, 1.165) is 0 Å². The third-order valence-corrected chi connectivity index (χ3v) is 2.19. The standard InChI is InChI=1S/C7H10O4/c8-5-3-11-7(9)4-1-6(5)10-2-4/h4-6,8H,1-3H2/t4-,5+,6+/m1/s1. The van der Waals surface area contributed by atoms with E-state index in [9.17, 15) is 9.90 Å². The highest BCUT2D eigenvalue weighted by atomic mass is 16.6. The molecule has 0 amide bonds. The predicted octanol–water partition coefficient (Wildman–Crippen LogP) is -0.691. The number of ether oxygens (including phenoxy) is 2. The van der Waals surface area contributed by atoms with Gasteiger partial charge in [0.15, 0.2) is 0 Å². The van der Waals surface area contributed by atoms with Crippen LogP contribution in [0.5, 0.6) is 0 Å². The van der Waals surface area contributed by atoms with Crippen LogP contribution < -0.4 is 0 Å². The number of carbonyl (C=O) groups is 1. The number of rotatable bonds is 0. The van der Waals surface area contributed by atoms with E-state index >= 15 is 0 Å². The molecule has 2 fully saturated rings. The highest BCUT2D eigenvalue weighted by Crippen LogP contribution is 2.26. The fraction of sp³-hybridized carbons (Fsp3) is 0.857. The molecule has 0 aromatic heterocycles. The van der Waals surface area contributed by atoms with Gasteiger partial charge in [0.05, 0.1) is 18.6 Å². The second kappa shape index (κ2) is 2.46. The molecule has 0 saturated carbocycles. The van der Waals surface area contributed by atoms with Crippen LogP contribution in [0.15, 0.2) is 0 Å². The van der Waals surface area contributed by atoms with Crippen molar-refractivity contribution in [2.24, 2.45) is 5.92 Å². The number of cyclic esters (lactones) is 1. The first-order valence-corrected chi connectivity index (χ1v) is 3.73. The van der Waals surface area contributed by atoms with Crippen LogP contribution in [-0.2, 0) is 14.3 Å². The maximum Gasteiger partial charge on any atom is 0.311 e. The Balaban J connectivity index is 2.13. The first-order valence-electron chi connectivity index (χ1n) is 3.73. The van der Waals surface area contributed by atoms with E-state index in [0.29, 0.717) is 13.0 Å². The Morgan fingerprint density at radius 3 is 3.09 bits per heavy atom. The van der Waals surface area contributed by atoms with Crippen molar-refractivity contribution < 1.29 is 19.4 Å². The van der Waals surface area contributed by atoms with Gasteiger partial charge in [-0.2, -0.15) is 0 Å². The molecule has 4 nitrogen and oxygen atoms in total. The molecule has 2 aliphatic heterocycles. The van der Waals surface area contributed by atoms with Gasteiger partial charge in [0, 0.05) is 0 Å². The molecule has 2 aliphatic rings. The molecule has 62 valence electrons. The zero-order chi connectivity index (χ0) is 7.84. The second-order valence-electron chi connectivity index (χ2n) is 3.00. The van der Waals surface area contributed by atoms with Crippen LogP contribution in [0.25, 0.3) is 0 Å². The minimum Gasteiger partial charge on any atom is -0.463 e. The lowest BCUT2D eigenvalue weighted by Gasteiger charge is -2.15. The lowest BCUT2D eigenvalue weighted by Crippen LogP contribution is -2.30. The number of aliphatic hydroxyl groups excluding tert-OH is 1. The summed E-state index contributed by atoms with van der Waals surface area (Å²) in [6.45, 7) is 0.487. The molecule has 0 spiro atoms. The molecule has 2 saturated heterocycles. The van der Waals surface area contributed by atoms with Crippen LogP contribution in [0, 0.1) is 5.92 Å². The van der Waals surface area contributed by atoms with Crippen molar-refractivity contribution in [3.63, 3.8) is 0 Å². The monoisotopic (exact) mass is 158 g/mol. The molecule has 2 bridgehead atoms. The number of carbonyl (C=O) groups excluding carboxylic acids is 1. The Hall–Kier alpha value is -0.610. The first-order chi connectivity index (χ1) is 5.27. The summed E-state index contributed by atoms with van der Waals surface area (Å²) in [7, 11) is 0. The molecule has 11 heavy (non-hydrogen) atoms. The lowest BCUT2D eigenvalue weighted by atomic mass is 10.1. The average Bonchev–Trinajstić information content (AvgIpc) is 2.42. The number of fused-ring (bicyclic) bond motifs is 2. The summed E-state index contributed by atoms with van der Waals surface area (Å²) in [5, 5.41) is 9.29. The van der Waals surface area contributed by atoms with Crippen LogP contribution in [0.2, 0.25) is 0 Å². The maximum absolute atomic E-state index is 11.0. The summed E-state index contributed by atoms with van der Waals surface area (Å²) in [5.74, 6) is -0.374. The zero-order valence-corrected chi connectivity index (χ0v) is 6.03. The number of esters is 1. The largest absolute Gasteiger partial charge is 0.463 e. The van der Waals surface area contributed by atoms with E-state index in [4.69, 9.17) is 9.47 Å². The number of hydrogen-bond acceptors (Lipinski definition) is 4. The van der Waals surface area contributed by atoms with Crippen molar-refractivity contribution in [3.05, 3.63) is 0 Å². The summed E-state index contributed by atoms with van der Waals surface area (Å²) in [6.07, 6.45) is -0.210. The Bertz CT molecular complexity index is 179. The number of hydrogen-bond donors (Lipinski definition) is 1. The molecule has 4 heteroatoms. The fourth-order valence-corrected chi connectivity index (χ4v) is 1.48. The molecular formula is C7H10O4. The van der Waals surface area contributed by atoms with Gasteiger partial charge in [0.1, 0.15) is 12.7 Å². The summed E-state index contributed by atoms with van der Waals surface area (Å²) >= 11 is 0. The molecule has 0 radical (unpaired) electrons. The predicted molar refractivity (Wildman–Crippen MR) is 34.8 cm³/mol. The quantitative estimate of drug-likeness (QED) is 0.474. The Morgan fingerprint density at radius 1 is 1.45 bits per heavy atom. The van der Waals surface area contributed by atoms with E-state index in [1.165, 1.54) is 0 Å². The van der Waals surface area contributed by atoms with E-state index in [1.54, 1.807) is 0 Å². The topological polar surface area (TPSA) is 55.8 Å². The number of aliphatic hydroxyl groups is 1. The summed E-state index contributed by atoms with van der Waals surface area (Å²) < 4.78 is 9.97. The summed E-state index contributed by atoms with van der Waals surface area (Å²) in [4.78, 5) is 11.0. The Morgan fingerprint density at radius 2 is 2.27 bits per heavy atom. The highest BCUT2D eigenvalue weighted by molar-refractivity contribution is 5.73. The molecule has 1 N–H and O–H groups in total. The van der Waals surface area contributed by atoms with Gasteiger partial charge in [-0.3, -0.25) is 4.79 Å². The van der Waals surface area contributed by atoms with Gasteiger partial charge in [-0.1, -0.05) is 0 Å². The van der Waals surface area contributed by atoms with Crippen molar-refractivity contribution in [2.45, 2.75) is 18.6 Å². The van der Waals surface area contributed by atoms with E-state index in [1.807, 2.05) is 0 Å². The average molecular weight is 158 g/mol. The van der Waals surface area contributed by atoms with Crippen molar-refractivity contribution in [3.8, 4) is 0 Å². The molecule has 2 heterocycles. The van der Waals surface area contributed by atoms with Crippen LogP contribution in [-0.4, -0.2) is 36.5 Å². The minimum absolute atomic E-state index is 0.0833.